The Morgan fingerprint density at radius 3 is 2.71 bits per heavy atom. The van der Waals surface area contributed by atoms with Gasteiger partial charge in [-0.1, -0.05) is 13.8 Å². The van der Waals surface area contributed by atoms with Gasteiger partial charge in [-0.3, -0.25) is 4.90 Å². The second-order valence-corrected chi connectivity index (χ2v) is 11.6. The average molecular weight is 407 g/mol. The van der Waals surface area contributed by atoms with Gasteiger partial charge in [-0.15, -0.1) is 0 Å². The van der Waals surface area contributed by atoms with Crippen molar-refractivity contribution < 1.29 is 17.9 Å². The summed E-state index contributed by atoms with van der Waals surface area (Å²) in [6, 6.07) is 5.34. The standard InChI is InChI=1S/C21H30N2O4S/c1-20(2)13-21(14-22-6-9-26-10-7-22)15-23(12-19(20)21)28(24,25)17-3-4-18-16(11-17)5-8-27-18/h3-4,11,19H,5-10,12-15H2,1-2H3/t19-,21+/m1/s1. The van der Waals surface area contributed by atoms with Gasteiger partial charge in [0.05, 0.1) is 24.7 Å². The Balaban J connectivity index is 1.40. The van der Waals surface area contributed by atoms with Crippen LogP contribution in [0, 0.1) is 16.7 Å². The molecule has 0 radical (unpaired) electrons. The van der Waals surface area contributed by atoms with Crippen LogP contribution in [0.5, 0.6) is 5.75 Å². The van der Waals surface area contributed by atoms with Gasteiger partial charge in [-0.05, 0) is 41.5 Å². The van der Waals surface area contributed by atoms with Crippen molar-refractivity contribution in [3.8, 4) is 5.75 Å². The molecule has 6 nitrogen and oxygen atoms in total. The molecule has 0 bridgehead atoms. The van der Waals surface area contributed by atoms with Crippen molar-refractivity contribution >= 4 is 10.0 Å². The Labute approximate surface area is 167 Å². The normalized spacial score (nSPS) is 32.4. The van der Waals surface area contributed by atoms with Crippen LogP contribution in [-0.4, -0.2) is 70.2 Å². The van der Waals surface area contributed by atoms with Gasteiger partial charge in [-0.25, -0.2) is 8.42 Å². The lowest BCUT2D eigenvalue weighted by molar-refractivity contribution is -0.0965. The summed E-state index contributed by atoms with van der Waals surface area (Å²) in [4.78, 5) is 2.88. The molecule has 0 amide bonds. The molecule has 2 saturated heterocycles. The topological polar surface area (TPSA) is 59.1 Å². The maximum atomic E-state index is 13.5. The molecule has 2 atom stereocenters. The Bertz CT molecular complexity index is 878. The molecule has 3 fully saturated rings. The Hall–Kier alpha value is -1.15. The van der Waals surface area contributed by atoms with E-state index in [2.05, 4.69) is 18.7 Å². The quantitative estimate of drug-likeness (QED) is 0.765. The number of ether oxygens (including phenoxy) is 2. The lowest BCUT2D eigenvalue weighted by Gasteiger charge is -2.58. The number of morpholine rings is 1. The summed E-state index contributed by atoms with van der Waals surface area (Å²) in [5, 5.41) is 0. The molecular formula is C21H30N2O4S. The van der Waals surface area contributed by atoms with Crippen molar-refractivity contribution in [1.82, 2.24) is 9.21 Å². The predicted molar refractivity (Wildman–Crippen MR) is 106 cm³/mol. The summed E-state index contributed by atoms with van der Waals surface area (Å²) in [7, 11) is -3.48. The zero-order valence-electron chi connectivity index (χ0n) is 16.8. The zero-order valence-corrected chi connectivity index (χ0v) is 17.6. The van der Waals surface area contributed by atoms with Crippen molar-refractivity contribution in [2.75, 3.05) is 52.5 Å². The van der Waals surface area contributed by atoms with Crippen LogP contribution in [0.1, 0.15) is 25.8 Å². The minimum Gasteiger partial charge on any atom is -0.493 e. The highest BCUT2D eigenvalue weighted by molar-refractivity contribution is 7.89. The van der Waals surface area contributed by atoms with Crippen LogP contribution in [0.2, 0.25) is 0 Å². The fraction of sp³-hybridized carbons (Fsp3) is 0.714. The molecule has 0 N–H and O–H groups in total. The van der Waals surface area contributed by atoms with Gasteiger partial charge in [0.15, 0.2) is 0 Å². The van der Waals surface area contributed by atoms with Gasteiger partial charge >= 0.3 is 0 Å². The molecule has 1 saturated carbocycles. The highest BCUT2D eigenvalue weighted by atomic mass is 32.2. The number of rotatable bonds is 4. The van der Waals surface area contributed by atoms with E-state index in [1.165, 1.54) is 0 Å². The monoisotopic (exact) mass is 406 g/mol. The first kappa shape index (κ1) is 18.9. The molecule has 1 aliphatic carbocycles. The lowest BCUT2D eigenvalue weighted by Crippen LogP contribution is -2.59. The Morgan fingerprint density at radius 2 is 1.96 bits per heavy atom. The van der Waals surface area contributed by atoms with Crippen LogP contribution in [0.25, 0.3) is 0 Å². The van der Waals surface area contributed by atoms with Crippen molar-refractivity contribution in [2.24, 2.45) is 16.7 Å². The number of hydrogen-bond acceptors (Lipinski definition) is 5. The van der Waals surface area contributed by atoms with E-state index in [9.17, 15) is 8.42 Å². The highest BCUT2D eigenvalue weighted by Crippen LogP contribution is 2.63. The van der Waals surface area contributed by atoms with Crippen molar-refractivity contribution in [1.29, 1.82) is 0 Å². The molecule has 5 rings (SSSR count). The summed E-state index contributed by atoms with van der Waals surface area (Å²) in [6.45, 7) is 10.9. The molecule has 7 heteroatoms. The predicted octanol–water partition coefficient (Wildman–Crippen LogP) is 1.99. The van der Waals surface area contributed by atoms with E-state index >= 15 is 0 Å². The number of benzene rings is 1. The van der Waals surface area contributed by atoms with E-state index in [-0.39, 0.29) is 10.8 Å². The summed E-state index contributed by atoms with van der Waals surface area (Å²) < 4.78 is 39.7. The molecule has 1 aromatic rings. The van der Waals surface area contributed by atoms with Crippen LogP contribution in [-0.2, 0) is 21.2 Å². The van der Waals surface area contributed by atoms with Gasteiger partial charge in [0, 0.05) is 44.6 Å². The third-order valence-corrected chi connectivity index (χ3v) is 9.12. The van der Waals surface area contributed by atoms with Crippen LogP contribution < -0.4 is 4.74 Å². The second-order valence-electron chi connectivity index (χ2n) is 9.63. The largest absolute Gasteiger partial charge is 0.493 e. The van der Waals surface area contributed by atoms with Crippen molar-refractivity contribution in [2.45, 2.75) is 31.6 Å². The SMILES string of the molecule is CC1(C)C[C@]2(CN3CCOCC3)CN(S(=O)(=O)c3ccc4c(c3)CCO4)C[C@H]12. The second kappa shape index (κ2) is 6.42. The summed E-state index contributed by atoms with van der Waals surface area (Å²) in [6.07, 6.45) is 1.88. The molecule has 1 aromatic carbocycles. The first-order valence-corrected chi connectivity index (χ1v) is 11.8. The van der Waals surface area contributed by atoms with E-state index in [4.69, 9.17) is 9.47 Å². The van der Waals surface area contributed by atoms with Gasteiger partial charge in [0.1, 0.15) is 5.75 Å². The molecule has 0 spiro atoms. The smallest absolute Gasteiger partial charge is 0.243 e. The number of sulfonamides is 1. The fourth-order valence-corrected chi connectivity index (χ4v) is 7.76. The maximum absolute atomic E-state index is 13.5. The molecule has 154 valence electrons. The van der Waals surface area contributed by atoms with E-state index in [0.29, 0.717) is 30.5 Å². The number of hydrogen-bond donors (Lipinski definition) is 0. The summed E-state index contributed by atoms with van der Waals surface area (Å²) in [5.41, 5.74) is 1.28. The van der Waals surface area contributed by atoms with E-state index < -0.39 is 10.0 Å². The third-order valence-electron chi connectivity index (χ3n) is 7.31. The molecule has 0 unspecified atom stereocenters. The van der Waals surface area contributed by atoms with Gasteiger partial charge in [0.25, 0.3) is 0 Å². The summed E-state index contributed by atoms with van der Waals surface area (Å²) >= 11 is 0. The highest BCUT2D eigenvalue weighted by Gasteiger charge is 2.64. The molecular weight excluding hydrogens is 376 g/mol. The Morgan fingerprint density at radius 1 is 1.18 bits per heavy atom. The molecule has 3 aliphatic heterocycles. The molecule has 0 aromatic heterocycles. The molecule has 28 heavy (non-hydrogen) atoms. The van der Waals surface area contributed by atoms with Crippen molar-refractivity contribution in [3.05, 3.63) is 23.8 Å². The van der Waals surface area contributed by atoms with Gasteiger partial charge < -0.3 is 9.47 Å². The van der Waals surface area contributed by atoms with Crippen LogP contribution >= 0.6 is 0 Å². The maximum Gasteiger partial charge on any atom is 0.243 e. The molecule has 4 aliphatic rings. The van der Waals surface area contributed by atoms with Crippen LogP contribution in [0.15, 0.2) is 23.1 Å². The first-order valence-electron chi connectivity index (χ1n) is 10.4. The third kappa shape index (κ3) is 2.90. The fourth-order valence-electron chi connectivity index (χ4n) is 6.15. The van der Waals surface area contributed by atoms with Crippen LogP contribution in [0.3, 0.4) is 0 Å². The van der Waals surface area contributed by atoms with Crippen LogP contribution in [0.4, 0.5) is 0 Å². The van der Waals surface area contributed by atoms with Gasteiger partial charge in [-0.2, -0.15) is 4.31 Å². The van der Waals surface area contributed by atoms with Gasteiger partial charge in [0.2, 0.25) is 10.0 Å². The minimum absolute atomic E-state index is 0.0771. The Kier molecular flexibility index (Phi) is 4.32. The van der Waals surface area contributed by atoms with E-state index in [1.54, 1.807) is 10.4 Å². The van der Waals surface area contributed by atoms with E-state index in [0.717, 1.165) is 57.0 Å². The zero-order chi connectivity index (χ0) is 19.6. The number of fused-ring (bicyclic) bond motifs is 2. The lowest BCUT2D eigenvalue weighted by atomic mass is 9.48. The molecule has 3 heterocycles. The van der Waals surface area contributed by atoms with E-state index in [1.807, 2.05) is 12.1 Å². The van der Waals surface area contributed by atoms with Crippen molar-refractivity contribution in [3.63, 3.8) is 0 Å². The summed E-state index contributed by atoms with van der Waals surface area (Å²) in [5.74, 6) is 1.24. The average Bonchev–Trinajstić information content (AvgIpc) is 3.25. The number of nitrogens with zero attached hydrogens (tertiary/aromatic N) is 2. The minimum atomic E-state index is -3.48. The first-order chi connectivity index (χ1) is 13.3.